The van der Waals surface area contributed by atoms with Crippen molar-refractivity contribution in [3.05, 3.63) is 30.3 Å². The summed E-state index contributed by atoms with van der Waals surface area (Å²) in [5.41, 5.74) is 0.710. The van der Waals surface area contributed by atoms with E-state index in [2.05, 4.69) is 0 Å². The Kier molecular flexibility index (Phi) is 4.32. The summed E-state index contributed by atoms with van der Waals surface area (Å²) >= 11 is 0. The van der Waals surface area contributed by atoms with Crippen LogP contribution >= 0.6 is 0 Å². The molecule has 0 saturated carbocycles. The number of halogens is 2. The SMILES string of the molecule is OCCN(CC(F)F)c1ccccc1. The number of hydrogen-bond acceptors (Lipinski definition) is 2. The number of nitrogens with zero attached hydrogens (tertiary/aromatic N) is 1. The lowest BCUT2D eigenvalue weighted by Gasteiger charge is -2.23. The normalized spacial score (nSPS) is 10.6. The molecule has 0 heterocycles. The number of rotatable bonds is 5. The van der Waals surface area contributed by atoms with Crippen molar-refractivity contribution in [3.63, 3.8) is 0 Å². The summed E-state index contributed by atoms with van der Waals surface area (Å²) in [7, 11) is 0. The van der Waals surface area contributed by atoms with Crippen LogP contribution in [0.4, 0.5) is 14.5 Å². The van der Waals surface area contributed by atoms with Gasteiger partial charge in [0.25, 0.3) is 6.43 Å². The van der Waals surface area contributed by atoms with Gasteiger partial charge in [-0.3, -0.25) is 0 Å². The Morgan fingerprint density at radius 2 is 1.86 bits per heavy atom. The third kappa shape index (κ3) is 3.30. The Morgan fingerprint density at radius 3 is 2.36 bits per heavy atom. The molecule has 1 aromatic rings. The van der Waals surface area contributed by atoms with Crippen molar-refractivity contribution in [2.24, 2.45) is 0 Å². The van der Waals surface area contributed by atoms with E-state index >= 15 is 0 Å². The molecule has 0 aromatic heterocycles. The van der Waals surface area contributed by atoms with Crippen LogP contribution in [0.25, 0.3) is 0 Å². The summed E-state index contributed by atoms with van der Waals surface area (Å²) in [6.45, 7) is -0.236. The van der Waals surface area contributed by atoms with Crippen LogP contribution in [-0.4, -0.2) is 31.2 Å². The maximum Gasteiger partial charge on any atom is 0.255 e. The number of aliphatic hydroxyl groups is 1. The fourth-order valence-electron chi connectivity index (χ4n) is 1.25. The monoisotopic (exact) mass is 201 g/mol. The molecular weight excluding hydrogens is 188 g/mol. The molecule has 0 atom stereocenters. The van der Waals surface area contributed by atoms with E-state index in [1.165, 1.54) is 4.90 Å². The van der Waals surface area contributed by atoms with Gasteiger partial charge in [0.1, 0.15) is 0 Å². The topological polar surface area (TPSA) is 23.5 Å². The van der Waals surface area contributed by atoms with Crippen LogP contribution in [0, 0.1) is 0 Å². The Hall–Kier alpha value is -1.16. The summed E-state index contributed by atoms with van der Waals surface area (Å²) in [4.78, 5) is 1.46. The fraction of sp³-hybridized carbons (Fsp3) is 0.400. The average molecular weight is 201 g/mol. The molecule has 0 bridgehead atoms. The van der Waals surface area contributed by atoms with Crippen LogP contribution in [0.1, 0.15) is 0 Å². The van der Waals surface area contributed by atoms with E-state index in [1.54, 1.807) is 24.3 Å². The first kappa shape index (κ1) is 10.9. The second-order valence-corrected chi connectivity index (χ2v) is 2.90. The molecule has 0 fully saturated rings. The van der Waals surface area contributed by atoms with Crippen LogP contribution in [-0.2, 0) is 0 Å². The second kappa shape index (κ2) is 5.54. The number of benzene rings is 1. The Morgan fingerprint density at radius 1 is 1.21 bits per heavy atom. The smallest absolute Gasteiger partial charge is 0.255 e. The first-order chi connectivity index (χ1) is 6.74. The molecule has 0 aliphatic rings. The standard InChI is InChI=1S/C10H13F2NO/c11-10(12)8-13(6-7-14)9-4-2-1-3-5-9/h1-5,10,14H,6-8H2. The van der Waals surface area contributed by atoms with Crippen LogP contribution in [0.3, 0.4) is 0 Å². The molecular formula is C10H13F2NO. The molecule has 0 radical (unpaired) electrons. The van der Waals surface area contributed by atoms with Gasteiger partial charge in [-0.25, -0.2) is 8.78 Å². The molecule has 14 heavy (non-hydrogen) atoms. The maximum atomic E-state index is 12.2. The van der Waals surface area contributed by atoms with Gasteiger partial charge < -0.3 is 10.0 Å². The van der Waals surface area contributed by atoms with Crippen molar-refractivity contribution >= 4 is 5.69 Å². The lowest BCUT2D eigenvalue weighted by atomic mass is 10.3. The molecule has 0 aliphatic carbocycles. The highest BCUT2D eigenvalue weighted by molar-refractivity contribution is 5.45. The predicted octanol–water partition coefficient (Wildman–Crippen LogP) is 1.75. The second-order valence-electron chi connectivity index (χ2n) is 2.90. The van der Waals surface area contributed by atoms with Crippen molar-refractivity contribution < 1.29 is 13.9 Å². The Bertz CT molecular complexity index is 254. The van der Waals surface area contributed by atoms with Gasteiger partial charge in [-0.15, -0.1) is 0 Å². The van der Waals surface area contributed by atoms with E-state index in [0.717, 1.165) is 0 Å². The van der Waals surface area contributed by atoms with Crippen LogP contribution < -0.4 is 4.90 Å². The van der Waals surface area contributed by atoms with E-state index < -0.39 is 6.43 Å². The van der Waals surface area contributed by atoms with Gasteiger partial charge in [0.15, 0.2) is 0 Å². The van der Waals surface area contributed by atoms with Gasteiger partial charge in [0, 0.05) is 12.2 Å². The van der Waals surface area contributed by atoms with Gasteiger partial charge in [-0.2, -0.15) is 0 Å². The summed E-state index contributed by atoms with van der Waals surface area (Å²) in [6, 6.07) is 8.88. The summed E-state index contributed by atoms with van der Waals surface area (Å²) < 4.78 is 24.3. The van der Waals surface area contributed by atoms with Crippen LogP contribution in [0.5, 0.6) is 0 Å². The Labute approximate surface area is 81.8 Å². The molecule has 0 spiro atoms. The lowest BCUT2D eigenvalue weighted by molar-refractivity contribution is 0.153. The minimum atomic E-state index is -2.39. The van der Waals surface area contributed by atoms with Crippen LogP contribution in [0.15, 0.2) is 30.3 Å². The number of aliphatic hydroxyl groups excluding tert-OH is 1. The molecule has 0 saturated heterocycles. The molecule has 1 rings (SSSR count). The molecule has 2 nitrogen and oxygen atoms in total. The maximum absolute atomic E-state index is 12.2. The summed E-state index contributed by atoms with van der Waals surface area (Å²) in [5.74, 6) is 0. The number of para-hydroxylation sites is 1. The van der Waals surface area contributed by atoms with Crippen molar-refractivity contribution in [2.75, 3.05) is 24.6 Å². The minimum absolute atomic E-state index is 0.123. The zero-order chi connectivity index (χ0) is 10.4. The van der Waals surface area contributed by atoms with Gasteiger partial charge >= 0.3 is 0 Å². The van der Waals surface area contributed by atoms with Gasteiger partial charge in [-0.1, -0.05) is 18.2 Å². The lowest BCUT2D eigenvalue weighted by Crippen LogP contribution is -2.31. The highest BCUT2D eigenvalue weighted by Crippen LogP contribution is 2.13. The molecule has 1 aromatic carbocycles. The zero-order valence-corrected chi connectivity index (χ0v) is 7.74. The number of hydrogen-bond donors (Lipinski definition) is 1. The summed E-state index contributed by atoms with van der Waals surface area (Å²) in [6.07, 6.45) is -2.39. The van der Waals surface area contributed by atoms with Gasteiger partial charge in [0.2, 0.25) is 0 Å². The number of alkyl halides is 2. The molecule has 0 aliphatic heterocycles. The van der Waals surface area contributed by atoms with E-state index in [9.17, 15) is 8.78 Å². The zero-order valence-electron chi connectivity index (χ0n) is 7.74. The van der Waals surface area contributed by atoms with Gasteiger partial charge in [0.05, 0.1) is 13.2 Å². The molecule has 0 amide bonds. The fourth-order valence-corrected chi connectivity index (χ4v) is 1.25. The van der Waals surface area contributed by atoms with E-state index in [4.69, 9.17) is 5.11 Å². The highest BCUT2D eigenvalue weighted by atomic mass is 19.3. The van der Waals surface area contributed by atoms with Crippen molar-refractivity contribution in [3.8, 4) is 0 Å². The first-order valence-corrected chi connectivity index (χ1v) is 4.43. The molecule has 0 unspecified atom stereocenters. The third-order valence-corrected chi connectivity index (χ3v) is 1.85. The van der Waals surface area contributed by atoms with E-state index in [-0.39, 0.29) is 19.7 Å². The quantitative estimate of drug-likeness (QED) is 0.784. The molecule has 4 heteroatoms. The highest BCUT2D eigenvalue weighted by Gasteiger charge is 2.11. The molecule has 1 N–H and O–H groups in total. The molecule has 78 valence electrons. The van der Waals surface area contributed by atoms with Crippen molar-refractivity contribution in [2.45, 2.75) is 6.43 Å². The summed E-state index contributed by atoms with van der Waals surface area (Å²) in [5, 5.41) is 8.72. The van der Waals surface area contributed by atoms with Crippen molar-refractivity contribution in [1.82, 2.24) is 0 Å². The minimum Gasteiger partial charge on any atom is -0.395 e. The first-order valence-electron chi connectivity index (χ1n) is 4.43. The predicted molar refractivity (Wildman–Crippen MR) is 51.7 cm³/mol. The third-order valence-electron chi connectivity index (χ3n) is 1.85. The Balaban J connectivity index is 2.67. The van der Waals surface area contributed by atoms with Gasteiger partial charge in [-0.05, 0) is 12.1 Å². The average Bonchev–Trinajstić information content (AvgIpc) is 2.18. The number of anilines is 1. The largest absolute Gasteiger partial charge is 0.395 e. The van der Waals surface area contributed by atoms with Crippen LogP contribution in [0.2, 0.25) is 0 Å². The van der Waals surface area contributed by atoms with Crippen molar-refractivity contribution in [1.29, 1.82) is 0 Å². The van der Waals surface area contributed by atoms with E-state index in [1.807, 2.05) is 6.07 Å². The van der Waals surface area contributed by atoms with E-state index in [0.29, 0.717) is 5.69 Å².